The first kappa shape index (κ1) is 13.1. The van der Waals surface area contributed by atoms with Crippen molar-refractivity contribution in [2.45, 2.75) is 13.5 Å². The van der Waals surface area contributed by atoms with Crippen LogP contribution in [0.25, 0.3) is 0 Å². The first-order valence-electron chi connectivity index (χ1n) is 5.53. The standard InChI is InChI=1S/C11H11ClN6O/c1-3-18-6-8(12)9(16-18)11(19)15-10-7(4-13)5-14-17(10)2/h5-6H,3H2,1-2H3,(H,15,19). The summed E-state index contributed by atoms with van der Waals surface area (Å²) < 4.78 is 2.97. The number of aromatic nitrogens is 4. The van der Waals surface area contributed by atoms with E-state index in [1.807, 2.05) is 13.0 Å². The molecule has 1 N–H and O–H groups in total. The Morgan fingerprint density at radius 1 is 1.63 bits per heavy atom. The molecule has 0 bridgehead atoms. The lowest BCUT2D eigenvalue weighted by molar-refractivity contribution is 0.102. The van der Waals surface area contributed by atoms with Crippen molar-refractivity contribution in [3.63, 3.8) is 0 Å². The van der Waals surface area contributed by atoms with Crippen LogP contribution in [0.2, 0.25) is 5.02 Å². The number of rotatable bonds is 3. The minimum atomic E-state index is -0.475. The van der Waals surface area contributed by atoms with E-state index in [1.54, 1.807) is 17.9 Å². The summed E-state index contributed by atoms with van der Waals surface area (Å²) in [5.41, 5.74) is 0.399. The Morgan fingerprint density at radius 3 is 2.95 bits per heavy atom. The molecule has 0 unspecified atom stereocenters. The number of carbonyl (C=O) groups excluding carboxylic acids is 1. The van der Waals surface area contributed by atoms with Crippen LogP contribution >= 0.6 is 11.6 Å². The smallest absolute Gasteiger partial charge is 0.278 e. The summed E-state index contributed by atoms with van der Waals surface area (Å²) in [6, 6.07) is 1.95. The molecule has 8 heteroatoms. The van der Waals surface area contributed by atoms with Gasteiger partial charge in [0.15, 0.2) is 5.69 Å². The van der Waals surface area contributed by atoms with Crippen molar-refractivity contribution < 1.29 is 4.79 Å². The number of halogens is 1. The molecular weight excluding hydrogens is 268 g/mol. The van der Waals surface area contributed by atoms with Crippen molar-refractivity contribution in [2.75, 3.05) is 5.32 Å². The summed E-state index contributed by atoms with van der Waals surface area (Å²) in [4.78, 5) is 12.1. The van der Waals surface area contributed by atoms with Crippen LogP contribution in [-0.2, 0) is 13.6 Å². The summed E-state index contributed by atoms with van der Waals surface area (Å²) in [7, 11) is 1.63. The second kappa shape index (κ2) is 5.12. The third kappa shape index (κ3) is 2.44. The highest BCUT2D eigenvalue weighted by atomic mass is 35.5. The second-order valence-electron chi connectivity index (χ2n) is 3.78. The molecule has 2 heterocycles. The summed E-state index contributed by atoms with van der Waals surface area (Å²) in [5.74, 6) is -0.160. The van der Waals surface area contributed by atoms with Crippen LogP contribution in [0, 0.1) is 11.3 Å². The maximum Gasteiger partial charge on any atom is 0.278 e. The van der Waals surface area contributed by atoms with Crippen molar-refractivity contribution in [3.05, 3.63) is 28.7 Å². The van der Waals surface area contributed by atoms with Gasteiger partial charge in [-0.25, -0.2) is 0 Å². The zero-order valence-electron chi connectivity index (χ0n) is 10.4. The highest BCUT2D eigenvalue weighted by Gasteiger charge is 2.18. The van der Waals surface area contributed by atoms with E-state index in [0.717, 1.165) is 0 Å². The van der Waals surface area contributed by atoms with Gasteiger partial charge < -0.3 is 5.32 Å². The molecule has 0 fully saturated rings. The summed E-state index contributed by atoms with van der Waals surface area (Å²) >= 11 is 5.94. The fourth-order valence-corrected chi connectivity index (χ4v) is 1.78. The van der Waals surface area contributed by atoms with Gasteiger partial charge in [-0.1, -0.05) is 11.6 Å². The SMILES string of the molecule is CCn1cc(Cl)c(C(=O)Nc2c(C#N)cnn2C)n1. The van der Waals surface area contributed by atoms with E-state index in [0.29, 0.717) is 12.4 Å². The quantitative estimate of drug-likeness (QED) is 0.919. The van der Waals surface area contributed by atoms with E-state index in [4.69, 9.17) is 16.9 Å². The van der Waals surface area contributed by atoms with Gasteiger partial charge in [-0.3, -0.25) is 14.2 Å². The highest BCUT2D eigenvalue weighted by Crippen LogP contribution is 2.18. The van der Waals surface area contributed by atoms with Crippen molar-refractivity contribution in [1.29, 1.82) is 5.26 Å². The average Bonchev–Trinajstić information content (AvgIpc) is 2.94. The second-order valence-corrected chi connectivity index (χ2v) is 4.18. The molecule has 2 aromatic rings. The van der Waals surface area contributed by atoms with E-state index in [-0.39, 0.29) is 16.3 Å². The summed E-state index contributed by atoms with van der Waals surface area (Å²) in [5, 5.41) is 19.7. The number of nitrogens with one attached hydrogen (secondary N) is 1. The van der Waals surface area contributed by atoms with Crippen LogP contribution in [0.1, 0.15) is 23.0 Å². The van der Waals surface area contributed by atoms with Crippen molar-refractivity contribution in [3.8, 4) is 6.07 Å². The molecule has 98 valence electrons. The summed E-state index contributed by atoms with van der Waals surface area (Å²) in [6.45, 7) is 2.50. The van der Waals surface area contributed by atoms with Crippen LogP contribution in [0.4, 0.5) is 5.82 Å². The fourth-order valence-electron chi connectivity index (χ4n) is 1.55. The number of amides is 1. The molecule has 7 nitrogen and oxygen atoms in total. The number of aryl methyl sites for hydroxylation is 2. The molecule has 0 aliphatic carbocycles. The van der Waals surface area contributed by atoms with Crippen LogP contribution in [0.5, 0.6) is 0 Å². The van der Waals surface area contributed by atoms with Gasteiger partial charge in [0.1, 0.15) is 17.5 Å². The number of carbonyl (C=O) groups is 1. The van der Waals surface area contributed by atoms with E-state index in [1.165, 1.54) is 10.9 Å². The molecule has 1 amide bonds. The van der Waals surface area contributed by atoms with Gasteiger partial charge in [-0.2, -0.15) is 15.5 Å². The minimum Gasteiger partial charge on any atom is -0.304 e. The molecule has 0 saturated carbocycles. The lowest BCUT2D eigenvalue weighted by Gasteiger charge is -2.04. The molecule has 0 aliphatic heterocycles. The molecule has 0 radical (unpaired) electrons. The molecule has 0 aliphatic rings. The largest absolute Gasteiger partial charge is 0.304 e. The maximum atomic E-state index is 12.1. The minimum absolute atomic E-state index is 0.119. The fraction of sp³-hybridized carbons (Fsp3) is 0.273. The highest BCUT2D eigenvalue weighted by molar-refractivity contribution is 6.34. The summed E-state index contributed by atoms with van der Waals surface area (Å²) in [6.07, 6.45) is 2.95. The average molecular weight is 279 g/mol. The lowest BCUT2D eigenvalue weighted by atomic mass is 10.3. The van der Waals surface area contributed by atoms with Crippen LogP contribution in [0.15, 0.2) is 12.4 Å². The third-order valence-electron chi connectivity index (χ3n) is 2.55. The van der Waals surface area contributed by atoms with Gasteiger partial charge >= 0.3 is 0 Å². The van der Waals surface area contributed by atoms with Crippen molar-refractivity contribution >= 4 is 23.3 Å². The van der Waals surface area contributed by atoms with Gasteiger partial charge in [0, 0.05) is 19.8 Å². The molecular formula is C11H11ClN6O. The Balaban J connectivity index is 2.28. The number of hydrogen-bond donors (Lipinski definition) is 1. The Kier molecular flexibility index (Phi) is 3.53. The molecule has 2 aromatic heterocycles. The molecule has 0 saturated heterocycles. The predicted molar refractivity (Wildman–Crippen MR) is 68.8 cm³/mol. The Morgan fingerprint density at radius 2 is 2.37 bits per heavy atom. The molecule has 0 atom stereocenters. The zero-order valence-corrected chi connectivity index (χ0v) is 11.1. The molecule has 2 rings (SSSR count). The molecule has 0 aromatic carbocycles. The van der Waals surface area contributed by atoms with Gasteiger partial charge in [-0.05, 0) is 6.92 Å². The van der Waals surface area contributed by atoms with Gasteiger partial charge in [0.05, 0.1) is 11.2 Å². The van der Waals surface area contributed by atoms with E-state index in [9.17, 15) is 4.79 Å². The Labute approximate surface area is 114 Å². The van der Waals surface area contributed by atoms with E-state index in [2.05, 4.69) is 15.5 Å². The number of hydrogen-bond acceptors (Lipinski definition) is 4. The maximum absolute atomic E-state index is 12.1. The first-order valence-corrected chi connectivity index (χ1v) is 5.91. The predicted octanol–water partition coefficient (Wildman–Crippen LogP) is 1.41. The van der Waals surface area contributed by atoms with E-state index < -0.39 is 5.91 Å². The Hall–Kier alpha value is -2.33. The lowest BCUT2D eigenvalue weighted by Crippen LogP contribution is -2.16. The van der Waals surface area contributed by atoms with Crippen molar-refractivity contribution in [1.82, 2.24) is 19.6 Å². The Bertz CT molecular complexity index is 665. The zero-order chi connectivity index (χ0) is 14.0. The molecule has 19 heavy (non-hydrogen) atoms. The molecule has 0 spiro atoms. The van der Waals surface area contributed by atoms with Gasteiger partial charge in [-0.15, -0.1) is 0 Å². The van der Waals surface area contributed by atoms with Crippen LogP contribution in [-0.4, -0.2) is 25.5 Å². The number of nitrogens with zero attached hydrogens (tertiary/aromatic N) is 5. The first-order chi connectivity index (χ1) is 9.06. The number of anilines is 1. The van der Waals surface area contributed by atoms with Gasteiger partial charge in [0.2, 0.25) is 0 Å². The van der Waals surface area contributed by atoms with Gasteiger partial charge in [0.25, 0.3) is 5.91 Å². The third-order valence-corrected chi connectivity index (χ3v) is 2.82. The van der Waals surface area contributed by atoms with Crippen LogP contribution < -0.4 is 5.32 Å². The van der Waals surface area contributed by atoms with Crippen LogP contribution in [0.3, 0.4) is 0 Å². The number of nitriles is 1. The topological polar surface area (TPSA) is 88.5 Å². The normalized spacial score (nSPS) is 10.2. The van der Waals surface area contributed by atoms with E-state index >= 15 is 0 Å². The van der Waals surface area contributed by atoms with Crippen molar-refractivity contribution in [2.24, 2.45) is 7.05 Å². The monoisotopic (exact) mass is 278 g/mol.